The number of aliphatic hydroxyl groups is 1. The SMILES string of the molecule is C[C@@H](C(=O)c1ccc(F)cc1)C(O)(C(F)(F)F)C(F)(F)F. The molecule has 21 heavy (non-hydrogen) atoms. The maximum absolute atomic E-state index is 12.6. The van der Waals surface area contributed by atoms with Crippen molar-refractivity contribution in [3.8, 4) is 0 Å². The summed E-state index contributed by atoms with van der Waals surface area (Å²) in [5.74, 6) is -5.27. The van der Waals surface area contributed by atoms with E-state index < -0.39 is 41.0 Å². The molecule has 1 rings (SSSR count). The van der Waals surface area contributed by atoms with Gasteiger partial charge in [0, 0.05) is 5.56 Å². The summed E-state index contributed by atoms with van der Waals surface area (Å²) in [6.45, 7) is 0.312. The number of carbonyl (C=O) groups excluding carboxylic acids is 1. The Morgan fingerprint density at radius 1 is 1.00 bits per heavy atom. The minimum absolute atomic E-state index is 0.312. The fourth-order valence-electron chi connectivity index (χ4n) is 1.71. The molecule has 1 atom stereocenters. The topological polar surface area (TPSA) is 37.3 Å². The zero-order valence-corrected chi connectivity index (χ0v) is 10.4. The van der Waals surface area contributed by atoms with Crippen LogP contribution in [0.3, 0.4) is 0 Å². The minimum atomic E-state index is -6.10. The van der Waals surface area contributed by atoms with Gasteiger partial charge in [0.1, 0.15) is 5.82 Å². The van der Waals surface area contributed by atoms with E-state index in [1.165, 1.54) is 0 Å². The molecule has 0 spiro atoms. The highest BCUT2D eigenvalue weighted by Crippen LogP contribution is 2.48. The van der Waals surface area contributed by atoms with Gasteiger partial charge in [0.2, 0.25) is 0 Å². The van der Waals surface area contributed by atoms with Gasteiger partial charge >= 0.3 is 12.4 Å². The van der Waals surface area contributed by atoms with Gasteiger partial charge in [0.25, 0.3) is 5.60 Å². The maximum Gasteiger partial charge on any atom is 0.427 e. The van der Waals surface area contributed by atoms with Crippen LogP contribution in [0.1, 0.15) is 17.3 Å². The zero-order valence-electron chi connectivity index (χ0n) is 10.4. The summed E-state index contributed by atoms with van der Waals surface area (Å²) < 4.78 is 88.3. The summed E-state index contributed by atoms with van der Waals surface area (Å²) >= 11 is 0. The molecule has 0 aliphatic carbocycles. The molecule has 0 saturated carbocycles. The molecule has 1 N–H and O–H groups in total. The van der Waals surface area contributed by atoms with Crippen LogP contribution in [-0.2, 0) is 0 Å². The van der Waals surface area contributed by atoms with Gasteiger partial charge in [-0.25, -0.2) is 4.39 Å². The number of halogens is 7. The first kappa shape index (κ1) is 17.4. The Hall–Kier alpha value is -1.64. The van der Waals surface area contributed by atoms with E-state index in [4.69, 9.17) is 5.11 Å². The number of alkyl halides is 6. The second kappa shape index (κ2) is 5.28. The first-order chi connectivity index (χ1) is 9.32. The molecule has 0 aromatic heterocycles. The van der Waals surface area contributed by atoms with Crippen molar-refractivity contribution in [3.05, 3.63) is 35.6 Å². The molecule has 0 heterocycles. The molecular formula is C12H9F7O2. The molecule has 0 aliphatic heterocycles. The predicted molar refractivity (Wildman–Crippen MR) is 57.0 cm³/mol. The van der Waals surface area contributed by atoms with Crippen molar-refractivity contribution in [1.29, 1.82) is 0 Å². The number of ketones is 1. The molecule has 0 bridgehead atoms. The molecule has 2 nitrogen and oxygen atoms in total. The molecule has 9 heteroatoms. The molecule has 0 amide bonds. The van der Waals surface area contributed by atoms with E-state index in [0.29, 0.717) is 19.1 Å². The van der Waals surface area contributed by atoms with Crippen LogP contribution in [0.25, 0.3) is 0 Å². The third-order valence-corrected chi connectivity index (χ3v) is 3.01. The van der Waals surface area contributed by atoms with E-state index in [0.717, 1.165) is 12.1 Å². The number of carbonyl (C=O) groups is 1. The van der Waals surface area contributed by atoms with Crippen molar-refractivity contribution >= 4 is 5.78 Å². The first-order valence-electron chi connectivity index (χ1n) is 5.48. The lowest BCUT2D eigenvalue weighted by atomic mass is 9.82. The smallest absolute Gasteiger partial charge is 0.373 e. The van der Waals surface area contributed by atoms with Gasteiger partial charge in [0.05, 0.1) is 5.92 Å². The number of rotatable bonds is 3. The van der Waals surface area contributed by atoms with E-state index >= 15 is 0 Å². The summed E-state index contributed by atoms with van der Waals surface area (Å²) in [5, 5.41) is 9.09. The largest absolute Gasteiger partial charge is 0.427 e. The van der Waals surface area contributed by atoms with Crippen molar-refractivity contribution < 1.29 is 40.6 Å². The Morgan fingerprint density at radius 3 is 1.71 bits per heavy atom. The van der Waals surface area contributed by atoms with E-state index in [-0.39, 0.29) is 0 Å². The van der Waals surface area contributed by atoms with Gasteiger partial charge in [-0.2, -0.15) is 26.3 Å². The standard InChI is InChI=1S/C12H9F7O2/c1-6(9(20)7-2-4-8(13)5-3-7)10(21,11(14,15)16)12(17,18)19/h2-6,21H,1H3/t6-/m0/s1. The highest BCUT2D eigenvalue weighted by atomic mass is 19.4. The van der Waals surface area contributed by atoms with Crippen LogP contribution in [0.4, 0.5) is 30.7 Å². The van der Waals surface area contributed by atoms with Crippen LogP contribution in [-0.4, -0.2) is 28.8 Å². The fraction of sp³-hybridized carbons (Fsp3) is 0.417. The van der Waals surface area contributed by atoms with Gasteiger partial charge in [-0.1, -0.05) is 6.92 Å². The summed E-state index contributed by atoms with van der Waals surface area (Å²) in [7, 11) is 0. The van der Waals surface area contributed by atoms with E-state index in [1.54, 1.807) is 0 Å². The third-order valence-electron chi connectivity index (χ3n) is 3.01. The van der Waals surface area contributed by atoms with Crippen molar-refractivity contribution in [2.24, 2.45) is 5.92 Å². The fourth-order valence-corrected chi connectivity index (χ4v) is 1.71. The van der Waals surface area contributed by atoms with Crippen LogP contribution in [0.2, 0.25) is 0 Å². The van der Waals surface area contributed by atoms with Crippen molar-refractivity contribution in [1.82, 2.24) is 0 Å². The second-order valence-corrected chi connectivity index (χ2v) is 4.35. The van der Waals surface area contributed by atoms with Crippen LogP contribution in [0.15, 0.2) is 24.3 Å². The molecule has 0 radical (unpaired) electrons. The Morgan fingerprint density at radius 2 is 1.38 bits per heavy atom. The van der Waals surface area contributed by atoms with Crippen LogP contribution >= 0.6 is 0 Å². The van der Waals surface area contributed by atoms with Crippen molar-refractivity contribution in [3.63, 3.8) is 0 Å². The number of benzene rings is 1. The summed E-state index contributed by atoms with van der Waals surface area (Å²) in [6, 6.07) is 2.89. The average Bonchev–Trinajstić information content (AvgIpc) is 2.34. The predicted octanol–water partition coefficient (Wildman–Crippen LogP) is 3.50. The molecule has 1 aromatic carbocycles. The molecule has 0 fully saturated rings. The van der Waals surface area contributed by atoms with Crippen LogP contribution in [0, 0.1) is 11.7 Å². The summed E-state index contributed by atoms with van der Waals surface area (Å²) in [4.78, 5) is 11.7. The van der Waals surface area contributed by atoms with Gasteiger partial charge in [0.15, 0.2) is 5.78 Å². The van der Waals surface area contributed by atoms with Crippen molar-refractivity contribution in [2.75, 3.05) is 0 Å². The Kier molecular flexibility index (Phi) is 4.38. The Labute approximate surface area is 114 Å². The monoisotopic (exact) mass is 318 g/mol. The summed E-state index contributed by atoms with van der Waals surface area (Å²) in [6.07, 6.45) is -12.2. The molecule has 0 unspecified atom stereocenters. The maximum atomic E-state index is 12.6. The quantitative estimate of drug-likeness (QED) is 0.684. The van der Waals surface area contributed by atoms with E-state index in [1.807, 2.05) is 0 Å². The molecule has 1 aromatic rings. The first-order valence-corrected chi connectivity index (χ1v) is 5.48. The third kappa shape index (κ3) is 3.02. The van der Waals surface area contributed by atoms with Gasteiger partial charge in [-0.05, 0) is 24.3 Å². The normalized spacial score (nSPS) is 14.9. The summed E-state index contributed by atoms with van der Waals surface area (Å²) in [5.41, 5.74) is -5.76. The number of Topliss-reactive ketones (excluding diaryl/α,β-unsaturated/α-hetero) is 1. The minimum Gasteiger partial charge on any atom is -0.373 e. The van der Waals surface area contributed by atoms with E-state index in [2.05, 4.69) is 0 Å². The van der Waals surface area contributed by atoms with Gasteiger partial charge in [-0.3, -0.25) is 4.79 Å². The lowest BCUT2D eigenvalue weighted by molar-refractivity contribution is -0.377. The lowest BCUT2D eigenvalue weighted by Crippen LogP contribution is -2.62. The van der Waals surface area contributed by atoms with Crippen LogP contribution in [0.5, 0.6) is 0 Å². The molecule has 0 saturated heterocycles. The van der Waals surface area contributed by atoms with Crippen molar-refractivity contribution in [2.45, 2.75) is 24.9 Å². The zero-order chi connectivity index (χ0) is 16.6. The average molecular weight is 318 g/mol. The Bertz CT molecular complexity index is 502. The van der Waals surface area contributed by atoms with Gasteiger partial charge < -0.3 is 5.11 Å². The number of hydrogen-bond acceptors (Lipinski definition) is 2. The number of hydrogen-bond donors (Lipinski definition) is 1. The Balaban J connectivity index is 3.27. The molecular weight excluding hydrogens is 309 g/mol. The highest BCUT2D eigenvalue weighted by molar-refractivity contribution is 5.98. The highest BCUT2D eigenvalue weighted by Gasteiger charge is 2.74. The van der Waals surface area contributed by atoms with Gasteiger partial charge in [-0.15, -0.1) is 0 Å². The lowest BCUT2D eigenvalue weighted by Gasteiger charge is -2.36. The van der Waals surface area contributed by atoms with Crippen LogP contribution < -0.4 is 0 Å². The molecule has 0 aliphatic rings. The molecule has 118 valence electrons. The van der Waals surface area contributed by atoms with E-state index in [9.17, 15) is 35.5 Å². The second-order valence-electron chi connectivity index (χ2n) is 4.35.